The van der Waals surface area contributed by atoms with Crippen molar-refractivity contribution < 1.29 is 9.53 Å². The highest BCUT2D eigenvalue weighted by Gasteiger charge is 2.01. The van der Waals surface area contributed by atoms with Crippen molar-refractivity contribution in [2.24, 2.45) is 0 Å². The number of carbonyl (C=O) groups is 1. The first-order chi connectivity index (χ1) is 8.68. The third kappa shape index (κ3) is 12.2. The van der Waals surface area contributed by atoms with Gasteiger partial charge in [0, 0.05) is 10.9 Å². The van der Waals surface area contributed by atoms with Gasteiger partial charge in [0.15, 0.2) is 0 Å². The van der Waals surface area contributed by atoms with Crippen LogP contribution in [0.5, 0.6) is 0 Å². The second-order valence-electron chi connectivity index (χ2n) is 4.79. The summed E-state index contributed by atoms with van der Waals surface area (Å²) < 4.78 is 5.03. The zero-order valence-electron chi connectivity index (χ0n) is 11.7. The van der Waals surface area contributed by atoms with Gasteiger partial charge in [0.1, 0.15) is 0 Å². The second-order valence-corrected chi connectivity index (χ2v) is 5.58. The van der Waals surface area contributed by atoms with Gasteiger partial charge in [-0.2, -0.15) is 0 Å². The maximum atomic E-state index is 11.1. The maximum absolute atomic E-state index is 11.1. The Morgan fingerprint density at radius 2 is 1.39 bits per heavy atom. The molecule has 0 aromatic heterocycles. The number of hydrogen-bond donors (Lipinski definition) is 0. The van der Waals surface area contributed by atoms with Gasteiger partial charge in [-0.1, -0.05) is 67.5 Å². The van der Waals surface area contributed by atoms with Gasteiger partial charge in [-0.3, -0.25) is 0 Å². The summed E-state index contributed by atoms with van der Waals surface area (Å²) in [4.78, 5) is 11.1. The van der Waals surface area contributed by atoms with Crippen LogP contribution in [-0.2, 0) is 9.53 Å². The molecule has 18 heavy (non-hydrogen) atoms. The van der Waals surface area contributed by atoms with Crippen molar-refractivity contribution in [3.8, 4) is 0 Å². The van der Waals surface area contributed by atoms with E-state index in [9.17, 15) is 4.79 Å². The van der Waals surface area contributed by atoms with E-state index < -0.39 is 0 Å². The minimum atomic E-state index is -0.262. The van der Waals surface area contributed by atoms with Crippen LogP contribution in [-0.4, -0.2) is 17.9 Å². The van der Waals surface area contributed by atoms with Crippen molar-refractivity contribution in [2.75, 3.05) is 11.9 Å². The molecular formula is C15H27BrO2. The van der Waals surface area contributed by atoms with Gasteiger partial charge in [0.05, 0.1) is 6.61 Å². The number of ether oxygens (including phenoxy) is 1. The average molecular weight is 319 g/mol. The Kier molecular flexibility index (Phi) is 12.9. The van der Waals surface area contributed by atoms with Crippen LogP contribution < -0.4 is 0 Å². The summed E-state index contributed by atoms with van der Waals surface area (Å²) in [5.41, 5.74) is 0.485. The van der Waals surface area contributed by atoms with Crippen molar-refractivity contribution in [2.45, 2.75) is 64.7 Å². The zero-order chi connectivity index (χ0) is 13.6. The van der Waals surface area contributed by atoms with Crippen LogP contribution in [0.4, 0.5) is 0 Å². The molecule has 0 N–H and O–H groups in total. The minimum absolute atomic E-state index is 0.262. The number of hydrogen-bond acceptors (Lipinski definition) is 2. The zero-order valence-corrected chi connectivity index (χ0v) is 13.3. The lowest BCUT2D eigenvalue weighted by atomic mass is 10.1. The third-order valence-electron chi connectivity index (χ3n) is 2.86. The molecule has 2 nitrogen and oxygen atoms in total. The fourth-order valence-corrected chi connectivity index (χ4v) is 2.12. The van der Waals surface area contributed by atoms with Crippen molar-refractivity contribution in [1.29, 1.82) is 0 Å². The van der Waals surface area contributed by atoms with E-state index in [1.54, 1.807) is 6.92 Å². The summed E-state index contributed by atoms with van der Waals surface area (Å²) in [7, 11) is 0. The van der Waals surface area contributed by atoms with Crippen LogP contribution in [0.3, 0.4) is 0 Å². The fraction of sp³-hybridized carbons (Fsp3) is 0.800. The van der Waals surface area contributed by atoms with Crippen LogP contribution >= 0.6 is 15.9 Å². The molecule has 0 saturated heterocycles. The SMILES string of the molecule is C=C(C)C(=O)OCCCCCCCCCCCBr. The lowest BCUT2D eigenvalue weighted by Gasteiger charge is -2.04. The number of halogens is 1. The number of alkyl halides is 1. The van der Waals surface area contributed by atoms with Gasteiger partial charge < -0.3 is 4.74 Å². The molecule has 0 unspecified atom stereocenters. The molecular weight excluding hydrogens is 292 g/mol. The minimum Gasteiger partial charge on any atom is -0.462 e. The quantitative estimate of drug-likeness (QED) is 0.219. The van der Waals surface area contributed by atoms with Crippen molar-refractivity contribution >= 4 is 21.9 Å². The predicted molar refractivity (Wildman–Crippen MR) is 81.1 cm³/mol. The van der Waals surface area contributed by atoms with Crippen molar-refractivity contribution in [3.63, 3.8) is 0 Å². The summed E-state index contributed by atoms with van der Waals surface area (Å²) in [6, 6.07) is 0. The number of carbonyl (C=O) groups excluding carboxylic acids is 1. The molecule has 0 aromatic rings. The molecule has 0 amide bonds. The van der Waals surface area contributed by atoms with Crippen LogP contribution in [0.25, 0.3) is 0 Å². The molecule has 0 spiro atoms. The van der Waals surface area contributed by atoms with Gasteiger partial charge in [-0.25, -0.2) is 4.79 Å². The highest BCUT2D eigenvalue weighted by molar-refractivity contribution is 9.09. The molecule has 0 aromatic carbocycles. The highest BCUT2D eigenvalue weighted by Crippen LogP contribution is 2.10. The van der Waals surface area contributed by atoms with E-state index in [-0.39, 0.29) is 5.97 Å². The first-order valence-corrected chi connectivity index (χ1v) is 8.19. The van der Waals surface area contributed by atoms with Gasteiger partial charge in [0.25, 0.3) is 0 Å². The standard InChI is InChI=1S/C15H27BrO2/c1-14(2)15(17)18-13-11-9-7-5-3-4-6-8-10-12-16/h1,3-13H2,2H3. The molecule has 3 heteroatoms. The molecule has 0 fully saturated rings. The Bertz CT molecular complexity index is 227. The largest absolute Gasteiger partial charge is 0.462 e. The Hall–Kier alpha value is -0.310. The summed E-state index contributed by atoms with van der Waals surface area (Å²) in [6.45, 7) is 5.76. The lowest BCUT2D eigenvalue weighted by molar-refractivity contribution is -0.139. The van der Waals surface area contributed by atoms with Gasteiger partial charge in [-0.15, -0.1) is 0 Å². The smallest absolute Gasteiger partial charge is 0.333 e. The van der Waals surface area contributed by atoms with Crippen LogP contribution in [0.2, 0.25) is 0 Å². The van der Waals surface area contributed by atoms with Gasteiger partial charge in [-0.05, 0) is 19.8 Å². The van der Waals surface area contributed by atoms with E-state index in [0.717, 1.165) is 18.2 Å². The fourth-order valence-electron chi connectivity index (χ4n) is 1.72. The summed E-state index contributed by atoms with van der Waals surface area (Å²) in [5, 5.41) is 1.13. The number of unbranched alkanes of at least 4 members (excludes halogenated alkanes) is 8. The van der Waals surface area contributed by atoms with E-state index >= 15 is 0 Å². The van der Waals surface area contributed by atoms with Gasteiger partial charge >= 0.3 is 5.97 Å². The van der Waals surface area contributed by atoms with Crippen molar-refractivity contribution in [3.05, 3.63) is 12.2 Å². The summed E-state index contributed by atoms with van der Waals surface area (Å²) in [6.07, 6.45) is 11.4. The Balaban J connectivity index is 3.07. The summed E-state index contributed by atoms with van der Waals surface area (Å²) >= 11 is 3.45. The number of esters is 1. The van der Waals surface area contributed by atoms with Gasteiger partial charge in [0.2, 0.25) is 0 Å². The third-order valence-corrected chi connectivity index (χ3v) is 3.42. The maximum Gasteiger partial charge on any atom is 0.333 e. The molecule has 0 radical (unpaired) electrons. The van der Waals surface area contributed by atoms with Crippen molar-refractivity contribution in [1.82, 2.24) is 0 Å². The van der Waals surface area contributed by atoms with E-state index in [4.69, 9.17) is 4.74 Å². The first kappa shape index (κ1) is 17.7. The average Bonchev–Trinajstić information content (AvgIpc) is 2.35. The molecule has 0 aliphatic heterocycles. The van der Waals surface area contributed by atoms with E-state index in [1.165, 1.54) is 44.9 Å². The van der Waals surface area contributed by atoms with E-state index in [2.05, 4.69) is 22.5 Å². The Morgan fingerprint density at radius 1 is 0.944 bits per heavy atom. The predicted octanol–water partition coefficient (Wildman–Crippen LogP) is 5.01. The molecule has 0 aliphatic carbocycles. The normalized spacial score (nSPS) is 10.3. The topological polar surface area (TPSA) is 26.3 Å². The van der Waals surface area contributed by atoms with E-state index in [0.29, 0.717) is 12.2 Å². The Labute approximate surface area is 120 Å². The first-order valence-electron chi connectivity index (χ1n) is 7.07. The monoisotopic (exact) mass is 318 g/mol. The molecule has 0 heterocycles. The van der Waals surface area contributed by atoms with Crippen LogP contribution in [0, 0.1) is 0 Å². The lowest BCUT2D eigenvalue weighted by Crippen LogP contribution is -2.05. The Morgan fingerprint density at radius 3 is 1.83 bits per heavy atom. The molecule has 0 atom stereocenters. The summed E-state index contributed by atoms with van der Waals surface area (Å²) in [5.74, 6) is -0.262. The molecule has 0 saturated carbocycles. The highest BCUT2D eigenvalue weighted by atomic mass is 79.9. The second kappa shape index (κ2) is 13.1. The number of rotatable bonds is 12. The molecule has 106 valence electrons. The van der Waals surface area contributed by atoms with E-state index in [1.807, 2.05) is 0 Å². The van der Waals surface area contributed by atoms with Crippen LogP contribution in [0.15, 0.2) is 12.2 Å². The van der Waals surface area contributed by atoms with Crippen LogP contribution in [0.1, 0.15) is 64.7 Å². The molecule has 0 bridgehead atoms. The molecule has 0 aliphatic rings. The molecule has 0 rings (SSSR count).